The summed E-state index contributed by atoms with van der Waals surface area (Å²) in [6.07, 6.45) is -1.08. The number of nitrogens with zero attached hydrogens (tertiary/aromatic N) is 1. The maximum atomic E-state index is 13.4. The maximum absolute atomic E-state index is 13.4. The van der Waals surface area contributed by atoms with Gasteiger partial charge in [-0.1, -0.05) is 6.07 Å². The Morgan fingerprint density at radius 3 is 2.53 bits per heavy atom. The first kappa shape index (κ1) is 12.1. The molecule has 0 aliphatic carbocycles. The highest BCUT2D eigenvalue weighted by Crippen LogP contribution is 2.24. The fourth-order valence-electron chi connectivity index (χ4n) is 1.53. The molecule has 0 spiro atoms. The molecule has 0 fully saturated rings. The Kier molecular flexibility index (Phi) is 3.49. The van der Waals surface area contributed by atoms with Gasteiger partial charge in [-0.05, 0) is 19.1 Å². The van der Waals surface area contributed by atoms with Gasteiger partial charge in [-0.3, -0.25) is 0 Å². The Hall–Kier alpha value is -1.33. The minimum absolute atomic E-state index is 0.104. The number of thiazole rings is 1. The molecule has 2 nitrogen and oxygen atoms in total. The van der Waals surface area contributed by atoms with Gasteiger partial charge < -0.3 is 5.11 Å². The van der Waals surface area contributed by atoms with E-state index in [-0.39, 0.29) is 12.0 Å². The standard InChI is InChI=1S/C12H11F2NOS/c1-7-6-17-12(15-7)11(16)5-8-9(13)3-2-4-10(8)14/h2-4,6,11,16H,5H2,1H3. The molecule has 1 unspecified atom stereocenters. The van der Waals surface area contributed by atoms with Crippen molar-refractivity contribution < 1.29 is 13.9 Å². The van der Waals surface area contributed by atoms with Gasteiger partial charge >= 0.3 is 0 Å². The second-order valence-corrected chi connectivity index (χ2v) is 4.64. The van der Waals surface area contributed by atoms with Crippen molar-refractivity contribution in [2.45, 2.75) is 19.4 Å². The lowest BCUT2D eigenvalue weighted by Crippen LogP contribution is -2.05. The summed E-state index contributed by atoms with van der Waals surface area (Å²) in [4.78, 5) is 4.09. The van der Waals surface area contributed by atoms with E-state index in [9.17, 15) is 13.9 Å². The van der Waals surface area contributed by atoms with Crippen LogP contribution in [0.1, 0.15) is 22.4 Å². The zero-order valence-corrected chi connectivity index (χ0v) is 9.97. The van der Waals surface area contributed by atoms with Gasteiger partial charge in [-0.15, -0.1) is 11.3 Å². The number of aromatic nitrogens is 1. The Morgan fingerprint density at radius 2 is 2.00 bits per heavy atom. The SMILES string of the molecule is Cc1csc(C(O)Cc2c(F)cccc2F)n1. The second-order valence-electron chi connectivity index (χ2n) is 3.75. The van der Waals surface area contributed by atoms with Gasteiger partial charge in [0.05, 0.1) is 0 Å². The molecule has 0 amide bonds. The first-order valence-electron chi connectivity index (χ1n) is 5.11. The maximum Gasteiger partial charge on any atom is 0.129 e. The van der Waals surface area contributed by atoms with E-state index in [0.717, 1.165) is 5.69 Å². The molecule has 2 rings (SSSR count). The van der Waals surface area contributed by atoms with Crippen molar-refractivity contribution in [3.05, 3.63) is 51.5 Å². The van der Waals surface area contributed by atoms with Gasteiger partial charge in [0.1, 0.15) is 22.7 Å². The van der Waals surface area contributed by atoms with E-state index in [1.807, 2.05) is 0 Å². The summed E-state index contributed by atoms with van der Waals surface area (Å²) in [6.45, 7) is 1.80. The van der Waals surface area contributed by atoms with Crippen LogP contribution in [0.5, 0.6) is 0 Å². The van der Waals surface area contributed by atoms with Crippen molar-refractivity contribution >= 4 is 11.3 Å². The van der Waals surface area contributed by atoms with Crippen LogP contribution in [0.4, 0.5) is 8.78 Å². The average molecular weight is 255 g/mol. The number of hydrogen-bond donors (Lipinski definition) is 1. The predicted molar refractivity (Wildman–Crippen MR) is 61.9 cm³/mol. The van der Waals surface area contributed by atoms with Crippen LogP contribution in [0.3, 0.4) is 0 Å². The molecule has 1 N–H and O–H groups in total. The van der Waals surface area contributed by atoms with Gasteiger partial charge in [0.15, 0.2) is 0 Å². The number of benzene rings is 1. The molecule has 1 atom stereocenters. The van der Waals surface area contributed by atoms with Crippen molar-refractivity contribution in [2.75, 3.05) is 0 Å². The Morgan fingerprint density at radius 1 is 1.35 bits per heavy atom. The Balaban J connectivity index is 2.21. The number of rotatable bonds is 3. The number of aliphatic hydroxyl groups is 1. The normalized spacial score (nSPS) is 12.7. The molecule has 5 heteroatoms. The smallest absolute Gasteiger partial charge is 0.129 e. The van der Waals surface area contributed by atoms with Crippen molar-refractivity contribution in [2.24, 2.45) is 0 Å². The van der Waals surface area contributed by atoms with Gasteiger partial charge in [-0.2, -0.15) is 0 Å². The molecule has 1 heterocycles. The summed E-state index contributed by atoms with van der Waals surface area (Å²) in [5, 5.41) is 12.1. The van der Waals surface area contributed by atoms with Crippen LogP contribution in [0.25, 0.3) is 0 Å². The van der Waals surface area contributed by atoms with Crippen molar-refractivity contribution in [3.63, 3.8) is 0 Å². The number of aryl methyl sites for hydroxylation is 1. The first-order chi connectivity index (χ1) is 8.08. The van der Waals surface area contributed by atoms with Crippen LogP contribution >= 0.6 is 11.3 Å². The van der Waals surface area contributed by atoms with Crippen LogP contribution in [0.15, 0.2) is 23.6 Å². The van der Waals surface area contributed by atoms with Crippen molar-refractivity contribution in [1.29, 1.82) is 0 Å². The zero-order chi connectivity index (χ0) is 12.4. The van der Waals surface area contributed by atoms with E-state index in [4.69, 9.17) is 0 Å². The summed E-state index contributed by atoms with van der Waals surface area (Å²) in [5.41, 5.74) is 0.686. The molecule has 0 aliphatic rings. The van der Waals surface area contributed by atoms with E-state index in [2.05, 4.69) is 4.98 Å². The van der Waals surface area contributed by atoms with Gasteiger partial charge in [-0.25, -0.2) is 13.8 Å². The lowest BCUT2D eigenvalue weighted by Gasteiger charge is -2.09. The molecule has 0 saturated heterocycles. The molecule has 17 heavy (non-hydrogen) atoms. The second kappa shape index (κ2) is 4.89. The lowest BCUT2D eigenvalue weighted by atomic mass is 10.1. The summed E-state index contributed by atoms with van der Waals surface area (Å²) >= 11 is 1.28. The van der Waals surface area contributed by atoms with Crippen LogP contribution in [0.2, 0.25) is 0 Å². The van der Waals surface area contributed by atoms with Crippen LogP contribution < -0.4 is 0 Å². The summed E-state index contributed by atoms with van der Waals surface area (Å²) in [5.74, 6) is -1.28. The fraction of sp³-hybridized carbons (Fsp3) is 0.250. The lowest BCUT2D eigenvalue weighted by molar-refractivity contribution is 0.175. The third-order valence-corrected chi connectivity index (χ3v) is 3.44. The minimum atomic E-state index is -0.972. The molecule has 1 aromatic heterocycles. The molecule has 0 radical (unpaired) electrons. The van der Waals surface area contributed by atoms with Gasteiger partial charge in [0.25, 0.3) is 0 Å². The molecular weight excluding hydrogens is 244 g/mol. The average Bonchev–Trinajstić information content (AvgIpc) is 2.70. The third-order valence-electron chi connectivity index (χ3n) is 2.38. The molecular formula is C12H11F2NOS. The van der Waals surface area contributed by atoms with Gasteiger partial charge in [0.2, 0.25) is 0 Å². The first-order valence-corrected chi connectivity index (χ1v) is 5.99. The summed E-state index contributed by atoms with van der Waals surface area (Å²) < 4.78 is 26.7. The van der Waals surface area contributed by atoms with Gasteiger partial charge in [0, 0.05) is 23.1 Å². The molecule has 2 aromatic rings. The largest absolute Gasteiger partial charge is 0.386 e. The monoisotopic (exact) mass is 255 g/mol. The van der Waals surface area contributed by atoms with Crippen LogP contribution in [-0.4, -0.2) is 10.1 Å². The van der Waals surface area contributed by atoms with E-state index >= 15 is 0 Å². The highest BCUT2D eigenvalue weighted by molar-refractivity contribution is 7.09. The summed E-state index contributed by atoms with van der Waals surface area (Å²) in [6, 6.07) is 3.66. The third kappa shape index (κ3) is 2.68. The number of hydrogen-bond acceptors (Lipinski definition) is 3. The Labute approximate surface area is 102 Å². The number of halogens is 2. The molecule has 0 aliphatic heterocycles. The predicted octanol–water partition coefficient (Wildman–Crippen LogP) is 3.01. The van der Waals surface area contributed by atoms with Crippen molar-refractivity contribution in [3.8, 4) is 0 Å². The minimum Gasteiger partial charge on any atom is -0.386 e. The van der Waals surface area contributed by atoms with E-state index in [1.54, 1.807) is 12.3 Å². The highest BCUT2D eigenvalue weighted by atomic mass is 32.1. The molecule has 0 bridgehead atoms. The van der Waals surface area contributed by atoms with E-state index in [1.165, 1.54) is 29.5 Å². The quantitative estimate of drug-likeness (QED) is 0.914. The molecule has 0 saturated carbocycles. The highest BCUT2D eigenvalue weighted by Gasteiger charge is 2.17. The number of aliphatic hydroxyl groups excluding tert-OH is 1. The van der Waals surface area contributed by atoms with Crippen LogP contribution in [0, 0.1) is 18.6 Å². The molecule has 1 aromatic carbocycles. The van der Waals surface area contributed by atoms with Crippen molar-refractivity contribution in [1.82, 2.24) is 4.98 Å². The van der Waals surface area contributed by atoms with E-state index < -0.39 is 17.7 Å². The Bertz CT molecular complexity index is 507. The molecule has 90 valence electrons. The fourth-order valence-corrected chi connectivity index (χ4v) is 2.31. The van der Waals surface area contributed by atoms with E-state index in [0.29, 0.717) is 5.01 Å². The zero-order valence-electron chi connectivity index (χ0n) is 9.15. The topological polar surface area (TPSA) is 33.1 Å². The van der Waals surface area contributed by atoms with Crippen LogP contribution in [-0.2, 0) is 6.42 Å². The summed E-state index contributed by atoms with van der Waals surface area (Å²) in [7, 11) is 0.